The number of anilines is 1. The SMILES string of the molecule is CC(C)(C)ON=C(C(=O)N[C@H]1CN(C(=O)NS(=O)(=O)n2cc(O)n(NC(=O)c3cc(=O)c(O)c[nH]3)c2=O)C1=O)c1csc(N)n1. The lowest BCUT2D eigenvalue weighted by Gasteiger charge is -2.36. The van der Waals surface area contributed by atoms with E-state index in [0.717, 1.165) is 17.5 Å². The third kappa shape index (κ3) is 6.93. The molecule has 5 amide bonds. The first kappa shape index (κ1) is 32.2. The molecule has 45 heavy (non-hydrogen) atoms. The van der Waals surface area contributed by atoms with E-state index < -0.39 is 80.6 Å². The smallest absolute Gasteiger partial charge is 0.365 e. The summed E-state index contributed by atoms with van der Waals surface area (Å²) in [5.74, 6) is -4.94. The van der Waals surface area contributed by atoms with Crippen molar-refractivity contribution in [3.63, 3.8) is 0 Å². The van der Waals surface area contributed by atoms with Crippen molar-refractivity contribution < 1.29 is 42.6 Å². The molecule has 23 heteroatoms. The molecule has 8 N–H and O–H groups in total. The number of thiazole rings is 1. The average Bonchev–Trinajstić information content (AvgIpc) is 3.49. The molecule has 3 aromatic heterocycles. The average molecular weight is 669 g/mol. The van der Waals surface area contributed by atoms with Crippen LogP contribution in [0.15, 0.2) is 38.6 Å². The molecule has 240 valence electrons. The molecule has 0 spiro atoms. The second kappa shape index (κ2) is 11.8. The Kier molecular flexibility index (Phi) is 8.42. The van der Waals surface area contributed by atoms with Crippen molar-refractivity contribution in [2.24, 2.45) is 5.16 Å². The van der Waals surface area contributed by atoms with Crippen LogP contribution in [0, 0.1) is 0 Å². The predicted octanol–water partition coefficient (Wildman–Crippen LogP) is -2.48. The van der Waals surface area contributed by atoms with Crippen LogP contribution in [0.4, 0.5) is 9.93 Å². The number of nitrogens with one attached hydrogen (secondary N) is 4. The number of pyridine rings is 1. The molecule has 1 atom stereocenters. The molecule has 0 aromatic carbocycles. The lowest BCUT2D eigenvalue weighted by molar-refractivity contribution is -0.141. The Hall–Kier alpha value is -5.71. The van der Waals surface area contributed by atoms with Crippen LogP contribution in [0.2, 0.25) is 0 Å². The summed E-state index contributed by atoms with van der Waals surface area (Å²) in [6, 6.07) is -2.12. The fourth-order valence-electron chi connectivity index (χ4n) is 3.39. The highest BCUT2D eigenvalue weighted by molar-refractivity contribution is 7.88. The summed E-state index contributed by atoms with van der Waals surface area (Å²) >= 11 is 1.02. The van der Waals surface area contributed by atoms with Crippen molar-refractivity contribution in [2.45, 2.75) is 32.4 Å². The summed E-state index contributed by atoms with van der Waals surface area (Å²) in [5.41, 5.74) is 3.40. The van der Waals surface area contributed by atoms with Gasteiger partial charge in [-0.2, -0.15) is 17.1 Å². The number of carbonyl (C=O) groups excluding carboxylic acids is 4. The minimum absolute atomic E-state index is 0.0555. The van der Waals surface area contributed by atoms with Gasteiger partial charge in [0, 0.05) is 17.6 Å². The van der Waals surface area contributed by atoms with E-state index >= 15 is 0 Å². The zero-order valence-corrected chi connectivity index (χ0v) is 24.9. The van der Waals surface area contributed by atoms with Crippen molar-refractivity contribution in [2.75, 3.05) is 17.7 Å². The Labute approximate surface area is 255 Å². The maximum atomic E-state index is 12.9. The fraction of sp³-hybridized carbons (Fsp3) is 0.273. The number of amides is 5. The second-order valence-electron chi connectivity index (χ2n) is 10.0. The number of oxime groups is 1. The molecule has 4 rings (SSSR count). The molecular weight excluding hydrogens is 644 g/mol. The number of H-pyrrole nitrogens is 1. The Balaban J connectivity index is 1.42. The summed E-state index contributed by atoms with van der Waals surface area (Å²) in [6.45, 7) is 4.52. The number of hydrogen-bond acceptors (Lipinski definition) is 15. The van der Waals surface area contributed by atoms with Crippen LogP contribution in [-0.2, 0) is 24.6 Å². The molecule has 0 bridgehead atoms. The van der Waals surface area contributed by atoms with Crippen LogP contribution in [0.5, 0.6) is 11.6 Å². The van der Waals surface area contributed by atoms with Crippen molar-refractivity contribution in [3.8, 4) is 11.6 Å². The van der Waals surface area contributed by atoms with E-state index in [9.17, 15) is 47.4 Å². The van der Waals surface area contributed by atoms with Crippen LogP contribution in [0.25, 0.3) is 0 Å². The number of aromatic hydroxyl groups is 2. The van der Waals surface area contributed by atoms with Crippen molar-refractivity contribution in [1.29, 1.82) is 0 Å². The van der Waals surface area contributed by atoms with Gasteiger partial charge in [-0.3, -0.25) is 29.5 Å². The number of aromatic amines is 1. The van der Waals surface area contributed by atoms with Gasteiger partial charge in [0.05, 0.1) is 12.7 Å². The topological polar surface area (TPSA) is 302 Å². The summed E-state index contributed by atoms with van der Waals surface area (Å²) < 4.78 is 26.9. The number of urea groups is 1. The Morgan fingerprint density at radius 3 is 2.49 bits per heavy atom. The Morgan fingerprint density at radius 1 is 1.22 bits per heavy atom. The number of β-lactam (4-membered cyclic amide) rings is 1. The highest BCUT2D eigenvalue weighted by atomic mass is 32.2. The number of aromatic nitrogens is 4. The quantitative estimate of drug-likeness (QED) is 0.0744. The number of nitrogens with two attached hydrogens (primary N) is 1. The lowest BCUT2D eigenvalue weighted by atomic mass is 10.1. The number of nitrogen functional groups attached to an aromatic ring is 1. The van der Waals surface area contributed by atoms with E-state index in [1.807, 2.05) is 5.43 Å². The maximum Gasteiger partial charge on any atom is 0.365 e. The number of imidazole rings is 1. The molecule has 0 saturated carbocycles. The standard InChI is InChI=1S/C22H24N10O11S2/c1-22(2,3)43-28-15(11-8-44-19(23)26-11)17(37)25-10-6-30(18(10)38)20(39)29-45(41,42)31-7-14(35)32(21(31)40)27-16(36)9-4-12(33)13(34)5-24-9/h4-5,7-8,10,34-35H,6H2,1-3H3,(H2,23,26)(H,24,33)(H,25,37)(H,27,36)(H,29,39)/t10-/m0/s1. The van der Waals surface area contributed by atoms with Crippen LogP contribution < -0.4 is 32.3 Å². The number of hydrogen-bond donors (Lipinski definition) is 7. The molecule has 1 fully saturated rings. The van der Waals surface area contributed by atoms with Gasteiger partial charge in [-0.15, -0.1) is 11.3 Å². The zero-order valence-electron chi connectivity index (χ0n) is 23.3. The van der Waals surface area contributed by atoms with E-state index in [0.29, 0.717) is 17.2 Å². The predicted molar refractivity (Wildman–Crippen MR) is 153 cm³/mol. The summed E-state index contributed by atoms with van der Waals surface area (Å²) in [7, 11) is -5.11. The summed E-state index contributed by atoms with van der Waals surface area (Å²) in [6.07, 6.45) is 1.12. The molecule has 1 aliphatic rings. The van der Waals surface area contributed by atoms with Gasteiger partial charge in [-0.1, -0.05) is 5.16 Å². The van der Waals surface area contributed by atoms with Gasteiger partial charge < -0.3 is 31.1 Å². The highest BCUT2D eigenvalue weighted by Gasteiger charge is 2.44. The van der Waals surface area contributed by atoms with E-state index in [-0.39, 0.29) is 25.2 Å². The number of imide groups is 1. The normalized spacial score (nSPS) is 15.3. The van der Waals surface area contributed by atoms with Crippen molar-refractivity contribution in [3.05, 3.63) is 55.9 Å². The number of likely N-dealkylation sites (tertiary alicyclic amines) is 1. The van der Waals surface area contributed by atoms with Crippen molar-refractivity contribution >= 4 is 56.1 Å². The molecule has 3 aromatic rings. The van der Waals surface area contributed by atoms with Crippen LogP contribution in [-0.4, -0.2) is 89.8 Å². The third-order valence-corrected chi connectivity index (χ3v) is 7.42. The van der Waals surface area contributed by atoms with E-state index in [1.165, 1.54) is 10.1 Å². The van der Waals surface area contributed by atoms with Gasteiger partial charge in [0.2, 0.25) is 11.3 Å². The van der Waals surface area contributed by atoms with Gasteiger partial charge in [0.25, 0.3) is 17.7 Å². The molecule has 0 radical (unpaired) electrons. The first-order valence-corrected chi connectivity index (χ1v) is 14.6. The molecule has 0 unspecified atom stereocenters. The number of carbonyl (C=O) groups is 4. The van der Waals surface area contributed by atoms with Crippen LogP contribution in [0.3, 0.4) is 0 Å². The number of rotatable bonds is 8. The van der Waals surface area contributed by atoms with Crippen LogP contribution in [0.1, 0.15) is 37.0 Å². The fourth-order valence-corrected chi connectivity index (χ4v) is 4.89. The van der Waals surface area contributed by atoms with Gasteiger partial charge >= 0.3 is 21.9 Å². The van der Waals surface area contributed by atoms with Gasteiger partial charge in [-0.05, 0) is 20.8 Å². The lowest BCUT2D eigenvalue weighted by Crippen LogP contribution is -2.68. The van der Waals surface area contributed by atoms with Crippen LogP contribution >= 0.6 is 11.3 Å². The van der Waals surface area contributed by atoms with E-state index in [1.54, 1.807) is 20.8 Å². The first-order chi connectivity index (χ1) is 20.9. The molecule has 21 nitrogen and oxygen atoms in total. The highest BCUT2D eigenvalue weighted by Crippen LogP contribution is 2.16. The minimum atomic E-state index is -5.11. The monoisotopic (exact) mass is 668 g/mol. The zero-order chi connectivity index (χ0) is 33.4. The largest absolute Gasteiger partial charge is 0.503 e. The second-order valence-corrected chi connectivity index (χ2v) is 12.5. The Bertz CT molecular complexity index is 1970. The van der Waals surface area contributed by atoms with Gasteiger partial charge in [0.15, 0.2) is 16.6 Å². The molecule has 1 saturated heterocycles. The molecule has 1 aliphatic heterocycles. The maximum absolute atomic E-state index is 12.9. The Morgan fingerprint density at radius 2 is 1.91 bits per heavy atom. The summed E-state index contributed by atoms with van der Waals surface area (Å²) in [5, 5.41) is 27.0. The van der Waals surface area contributed by atoms with E-state index in [4.69, 9.17) is 10.6 Å². The third-order valence-electron chi connectivity index (χ3n) is 5.54. The summed E-state index contributed by atoms with van der Waals surface area (Å²) in [4.78, 5) is 86.5. The number of nitrogens with zero attached hydrogens (tertiary/aromatic N) is 5. The van der Waals surface area contributed by atoms with E-state index in [2.05, 4.69) is 20.4 Å². The van der Waals surface area contributed by atoms with Gasteiger partial charge in [-0.25, -0.2) is 19.3 Å². The molecule has 0 aliphatic carbocycles. The molecule has 4 heterocycles. The minimum Gasteiger partial charge on any atom is -0.503 e. The van der Waals surface area contributed by atoms with Gasteiger partial charge in [0.1, 0.15) is 23.0 Å². The first-order valence-electron chi connectivity index (χ1n) is 12.3. The van der Waals surface area contributed by atoms with Crippen molar-refractivity contribution in [1.82, 2.24) is 33.6 Å². The molecular formula is C22H24N10O11S2.